The van der Waals surface area contributed by atoms with Crippen molar-refractivity contribution in [1.29, 1.82) is 0 Å². The maximum atomic E-state index is 11.7. The standard InChI is InChI=1S/C17H33O8P/c1-3-5-6-7-8-9-10-12-16(18)23-13-15(14-24-26(20,21)22)25-17(19)11-4-2/h15H,3-14H2,1-2H3,(H2,20,21,22)/t15-/m1/s1. The van der Waals surface area contributed by atoms with Gasteiger partial charge in [0.2, 0.25) is 0 Å². The van der Waals surface area contributed by atoms with Gasteiger partial charge < -0.3 is 19.3 Å². The molecule has 0 radical (unpaired) electrons. The largest absolute Gasteiger partial charge is 0.469 e. The van der Waals surface area contributed by atoms with Gasteiger partial charge in [-0.15, -0.1) is 0 Å². The molecule has 0 aliphatic carbocycles. The molecule has 0 rings (SSSR count). The van der Waals surface area contributed by atoms with E-state index in [0.29, 0.717) is 6.42 Å². The molecule has 0 aliphatic heterocycles. The Hall–Kier alpha value is -0.950. The Kier molecular flexibility index (Phi) is 14.6. The lowest BCUT2D eigenvalue weighted by Gasteiger charge is -2.18. The molecule has 0 heterocycles. The SMILES string of the molecule is CCCCCCCCCC(=O)OC[C@H](COP(=O)(O)O)OC(=O)CCC. The van der Waals surface area contributed by atoms with Gasteiger partial charge in [0.1, 0.15) is 6.61 Å². The molecule has 0 aromatic rings. The first-order chi connectivity index (χ1) is 12.3. The summed E-state index contributed by atoms with van der Waals surface area (Å²) < 4.78 is 25.2. The predicted molar refractivity (Wildman–Crippen MR) is 96.4 cm³/mol. The Labute approximate surface area is 155 Å². The van der Waals surface area contributed by atoms with Crippen molar-refractivity contribution >= 4 is 19.8 Å². The first-order valence-corrected chi connectivity index (χ1v) is 10.9. The zero-order valence-electron chi connectivity index (χ0n) is 15.9. The van der Waals surface area contributed by atoms with Gasteiger partial charge in [-0.2, -0.15) is 0 Å². The fourth-order valence-electron chi connectivity index (χ4n) is 2.23. The summed E-state index contributed by atoms with van der Waals surface area (Å²) in [5, 5.41) is 0. The summed E-state index contributed by atoms with van der Waals surface area (Å²) in [4.78, 5) is 40.8. The summed E-state index contributed by atoms with van der Waals surface area (Å²) in [7, 11) is -4.69. The van der Waals surface area contributed by atoms with Gasteiger partial charge in [0.25, 0.3) is 0 Å². The highest BCUT2D eigenvalue weighted by Gasteiger charge is 2.22. The molecule has 0 unspecified atom stereocenters. The molecule has 0 aliphatic rings. The molecule has 0 bridgehead atoms. The van der Waals surface area contributed by atoms with E-state index in [2.05, 4.69) is 11.4 Å². The maximum absolute atomic E-state index is 11.7. The Morgan fingerprint density at radius 2 is 1.46 bits per heavy atom. The summed E-state index contributed by atoms with van der Waals surface area (Å²) in [6, 6.07) is 0. The molecule has 0 aromatic carbocycles. The van der Waals surface area contributed by atoms with Crippen LogP contribution < -0.4 is 0 Å². The minimum atomic E-state index is -4.69. The second-order valence-electron chi connectivity index (χ2n) is 6.20. The molecule has 0 fully saturated rings. The molecule has 154 valence electrons. The van der Waals surface area contributed by atoms with E-state index in [1.165, 1.54) is 19.3 Å². The molecule has 0 amide bonds. The van der Waals surface area contributed by atoms with Crippen molar-refractivity contribution in [3.05, 3.63) is 0 Å². The minimum Gasteiger partial charge on any atom is -0.462 e. The molecule has 0 saturated heterocycles. The lowest BCUT2D eigenvalue weighted by Crippen LogP contribution is -2.29. The molecule has 2 N–H and O–H groups in total. The Balaban J connectivity index is 4.09. The van der Waals surface area contributed by atoms with Crippen LogP contribution in [0.25, 0.3) is 0 Å². The van der Waals surface area contributed by atoms with Gasteiger partial charge in [-0.25, -0.2) is 4.57 Å². The quantitative estimate of drug-likeness (QED) is 0.231. The summed E-state index contributed by atoms with van der Waals surface area (Å²) in [5.74, 6) is -0.957. The number of hydrogen-bond donors (Lipinski definition) is 2. The molecule has 0 aromatic heterocycles. The first-order valence-electron chi connectivity index (χ1n) is 9.33. The summed E-state index contributed by atoms with van der Waals surface area (Å²) >= 11 is 0. The average Bonchev–Trinajstić information content (AvgIpc) is 2.56. The van der Waals surface area contributed by atoms with Crippen molar-refractivity contribution < 1.29 is 37.9 Å². The van der Waals surface area contributed by atoms with Gasteiger partial charge in [-0.1, -0.05) is 52.4 Å². The first kappa shape index (κ1) is 25.1. The van der Waals surface area contributed by atoms with Crippen LogP contribution in [0.5, 0.6) is 0 Å². The highest BCUT2D eigenvalue weighted by atomic mass is 31.2. The normalized spacial score (nSPS) is 12.6. The van der Waals surface area contributed by atoms with E-state index in [1.807, 2.05) is 0 Å². The predicted octanol–water partition coefficient (Wildman–Crippen LogP) is 3.49. The number of ether oxygens (including phenoxy) is 2. The van der Waals surface area contributed by atoms with E-state index in [9.17, 15) is 14.2 Å². The van der Waals surface area contributed by atoms with Crippen LogP contribution in [0.2, 0.25) is 0 Å². The fraction of sp³-hybridized carbons (Fsp3) is 0.882. The van der Waals surface area contributed by atoms with Crippen molar-refractivity contribution in [1.82, 2.24) is 0 Å². The number of carbonyl (C=O) groups is 2. The van der Waals surface area contributed by atoms with Gasteiger partial charge in [0.05, 0.1) is 6.61 Å². The van der Waals surface area contributed by atoms with Crippen LogP contribution >= 0.6 is 7.82 Å². The molecular formula is C17H33O8P. The highest BCUT2D eigenvalue weighted by Crippen LogP contribution is 2.35. The Morgan fingerprint density at radius 1 is 0.846 bits per heavy atom. The number of phosphoric acid groups is 1. The van der Waals surface area contributed by atoms with Crippen molar-refractivity contribution in [3.63, 3.8) is 0 Å². The van der Waals surface area contributed by atoms with Crippen LogP contribution in [0.1, 0.15) is 78.1 Å². The maximum Gasteiger partial charge on any atom is 0.469 e. The lowest BCUT2D eigenvalue weighted by atomic mass is 10.1. The van der Waals surface area contributed by atoms with E-state index in [4.69, 9.17) is 19.3 Å². The van der Waals surface area contributed by atoms with Gasteiger partial charge in [-0.3, -0.25) is 14.1 Å². The molecule has 26 heavy (non-hydrogen) atoms. The van der Waals surface area contributed by atoms with Gasteiger partial charge in [0.15, 0.2) is 6.10 Å². The van der Waals surface area contributed by atoms with Crippen molar-refractivity contribution in [2.45, 2.75) is 84.2 Å². The number of rotatable bonds is 16. The third-order valence-electron chi connectivity index (χ3n) is 3.60. The third kappa shape index (κ3) is 16.5. The molecule has 8 nitrogen and oxygen atoms in total. The molecule has 9 heteroatoms. The highest BCUT2D eigenvalue weighted by molar-refractivity contribution is 7.46. The van der Waals surface area contributed by atoms with Crippen LogP contribution in [-0.2, 0) is 28.2 Å². The van der Waals surface area contributed by atoms with E-state index >= 15 is 0 Å². The number of unbranched alkanes of at least 4 members (excludes halogenated alkanes) is 6. The van der Waals surface area contributed by atoms with Gasteiger partial charge in [0, 0.05) is 12.8 Å². The Bertz CT molecular complexity index is 434. The van der Waals surface area contributed by atoms with Gasteiger partial charge >= 0.3 is 19.8 Å². The van der Waals surface area contributed by atoms with E-state index in [0.717, 1.165) is 25.7 Å². The number of carbonyl (C=O) groups excluding carboxylic acids is 2. The molecule has 0 saturated carbocycles. The van der Waals surface area contributed by atoms with Gasteiger partial charge in [-0.05, 0) is 12.8 Å². The summed E-state index contributed by atoms with van der Waals surface area (Å²) in [6.45, 7) is 3.13. The zero-order chi connectivity index (χ0) is 19.8. The van der Waals surface area contributed by atoms with Crippen molar-refractivity contribution in [2.75, 3.05) is 13.2 Å². The molecule has 0 spiro atoms. The van der Waals surface area contributed by atoms with E-state index in [-0.39, 0.29) is 19.4 Å². The molecular weight excluding hydrogens is 363 g/mol. The van der Waals surface area contributed by atoms with E-state index < -0.39 is 32.5 Å². The fourth-order valence-corrected chi connectivity index (χ4v) is 2.59. The van der Waals surface area contributed by atoms with Crippen molar-refractivity contribution in [3.8, 4) is 0 Å². The monoisotopic (exact) mass is 396 g/mol. The topological polar surface area (TPSA) is 119 Å². The summed E-state index contributed by atoms with van der Waals surface area (Å²) in [5.41, 5.74) is 0. The molecule has 1 atom stereocenters. The van der Waals surface area contributed by atoms with Crippen molar-refractivity contribution in [2.24, 2.45) is 0 Å². The Morgan fingerprint density at radius 3 is 2.04 bits per heavy atom. The smallest absolute Gasteiger partial charge is 0.462 e. The van der Waals surface area contributed by atoms with E-state index in [1.54, 1.807) is 6.92 Å². The summed E-state index contributed by atoms with van der Waals surface area (Å²) in [6.07, 6.45) is 7.53. The van der Waals surface area contributed by atoms with Crippen LogP contribution in [0.3, 0.4) is 0 Å². The van der Waals surface area contributed by atoms with Crippen LogP contribution in [0, 0.1) is 0 Å². The lowest BCUT2D eigenvalue weighted by molar-refractivity contribution is -0.161. The number of hydrogen-bond acceptors (Lipinski definition) is 6. The second-order valence-corrected chi connectivity index (χ2v) is 7.44. The minimum absolute atomic E-state index is 0.165. The third-order valence-corrected chi connectivity index (χ3v) is 4.08. The van der Waals surface area contributed by atoms with Crippen LogP contribution in [0.15, 0.2) is 0 Å². The number of phosphoric ester groups is 1. The average molecular weight is 396 g/mol. The zero-order valence-corrected chi connectivity index (χ0v) is 16.7. The van der Waals surface area contributed by atoms with Crippen LogP contribution in [0.4, 0.5) is 0 Å². The second kappa shape index (κ2) is 15.1. The number of esters is 2. The van der Waals surface area contributed by atoms with Crippen LogP contribution in [-0.4, -0.2) is 41.0 Å².